The molecule has 0 spiro atoms. The maximum Gasteiger partial charge on any atom is 0.309 e. The van der Waals surface area contributed by atoms with E-state index in [9.17, 15) is 9.59 Å². The lowest BCUT2D eigenvalue weighted by Crippen LogP contribution is -2.27. The van der Waals surface area contributed by atoms with Crippen molar-refractivity contribution in [2.24, 2.45) is 5.73 Å². The van der Waals surface area contributed by atoms with Crippen LogP contribution in [0.25, 0.3) is 0 Å². The standard InChI is InChI=1S/C13H13N3O3S/c14-12(10-2-1-5-20-10)13(19)16-9-4-3-8(15-7-9)6-11(17)18/h1-5,7,12H,6,14H2,(H,16,19)(H,17,18). The second-order valence-corrected chi connectivity index (χ2v) is 5.07. The second kappa shape index (κ2) is 6.27. The van der Waals surface area contributed by atoms with E-state index < -0.39 is 12.0 Å². The molecule has 2 aromatic rings. The van der Waals surface area contributed by atoms with Crippen LogP contribution in [0.2, 0.25) is 0 Å². The zero-order valence-corrected chi connectivity index (χ0v) is 11.3. The van der Waals surface area contributed by atoms with Gasteiger partial charge in [0.1, 0.15) is 6.04 Å². The highest BCUT2D eigenvalue weighted by molar-refractivity contribution is 7.10. The average Bonchev–Trinajstić information content (AvgIpc) is 2.93. The molecular formula is C13H13N3O3S. The van der Waals surface area contributed by atoms with Gasteiger partial charge in [0.15, 0.2) is 0 Å². The first-order chi connectivity index (χ1) is 9.56. The number of carbonyl (C=O) groups is 2. The first-order valence-corrected chi connectivity index (χ1v) is 6.71. The molecule has 0 aliphatic carbocycles. The Morgan fingerprint density at radius 3 is 2.75 bits per heavy atom. The molecule has 0 bridgehead atoms. The van der Waals surface area contributed by atoms with Crippen LogP contribution in [-0.4, -0.2) is 22.0 Å². The summed E-state index contributed by atoms with van der Waals surface area (Å²) < 4.78 is 0. The lowest BCUT2D eigenvalue weighted by molar-refractivity contribution is -0.136. The first-order valence-electron chi connectivity index (χ1n) is 5.83. The Balaban J connectivity index is 1.99. The van der Waals surface area contributed by atoms with E-state index in [1.165, 1.54) is 17.5 Å². The molecule has 0 fully saturated rings. The number of hydrogen-bond donors (Lipinski definition) is 3. The van der Waals surface area contributed by atoms with Gasteiger partial charge in [0, 0.05) is 4.88 Å². The van der Waals surface area contributed by atoms with Crippen LogP contribution < -0.4 is 11.1 Å². The van der Waals surface area contributed by atoms with E-state index in [1.807, 2.05) is 11.4 Å². The molecular weight excluding hydrogens is 278 g/mol. The van der Waals surface area contributed by atoms with Crippen molar-refractivity contribution in [3.63, 3.8) is 0 Å². The summed E-state index contributed by atoms with van der Waals surface area (Å²) in [6.45, 7) is 0. The number of nitrogens with zero attached hydrogens (tertiary/aromatic N) is 1. The van der Waals surface area contributed by atoms with E-state index in [1.54, 1.807) is 18.2 Å². The summed E-state index contributed by atoms with van der Waals surface area (Å²) in [5.74, 6) is -1.28. The van der Waals surface area contributed by atoms with Crippen LogP contribution in [-0.2, 0) is 16.0 Å². The van der Waals surface area contributed by atoms with Crippen LogP contribution in [0.5, 0.6) is 0 Å². The van der Waals surface area contributed by atoms with E-state index >= 15 is 0 Å². The van der Waals surface area contributed by atoms with Gasteiger partial charge >= 0.3 is 5.97 Å². The molecule has 0 radical (unpaired) electrons. The number of pyridine rings is 1. The van der Waals surface area contributed by atoms with Crippen molar-refractivity contribution in [1.82, 2.24) is 4.98 Å². The van der Waals surface area contributed by atoms with E-state index in [4.69, 9.17) is 10.8 Å². The van der Waals surface area contributed by atoms with Crippen LogP contribution in [0.4, 0.5) is 5.69 Å². The Labute approximate surface area is 119 Å². The predicted octanol–water partition coefficient (Wildman–Crippen LogP) is 1.41. The summed E-state index contributed by atoms with van der Waals surface area (Å²) in [7, 11) is 0. The number of thiophene rings is 1. The van der Waals surface area contributed by atoms with Crippen LogP contribution in [0, 0.1) is 0 Å². The number of carboxylic acid groups (broad SMARTS) is 1. The van der Waals surface area contributed by atoms with Gasteiger partial charge in [0.05, 0.1) is 24.0 Å². The van der Waals surface area contributed by atoms with Crippen LogP contribution in [0.1, 0.15) is 16.6 Å². The Bertz CT molecular complexity index is 596. The molecule has 2 heterocycles. The largest absolute Gasteiger partial charge is 0.481 e. The van der Waals surface area contributed by atoms with Gasteiger partial charge in [-0.2, -0.15) is 0 Å². The van der Waals surface area contributed by atoms with Crippen molar-refractivity contribution in [1.29, 1.82) is 0 Å². The number of carboxylic acids is 1. The fourth-order valence-corrected chi connectivity index (χ4v) is 2.30. The lowest BCUT2D eigenvalue weighted by atomic mass is 10.2. The zero-order valence-electron chi connectivity index (χ0n) is 10.4. The molecule has 1 amide bonds. The Kier molecular flexibility index (Phi) is 4.44. The first kappa shape index (κ1) is 14.2. The second-order valence-electron chi connectivity index (χ2n) is 4.09. The van der Waals surface area contributed by atoms with Gasteiger partial charge in [0.25, 0.3) is 0 Å². The highest BCUT2D eigenvalue weighted by Crippen LogP contribution is 2.18. The van der Waals surface area contributed by atoms with Crippen molar-refractivity contribution in [2.75, 3.05) is 5.32 Å². The number of nitrogens with two attached hydrogens (primary N) is 1. The van der Waals surface area contributed by atoms with Crippen LogP contribution in [0.15, 0.2) is 35.8 Å². The minimum Gasteiger partial charge on any atom is -0.481 e. The minimum atomic E-state index is -0.950. The smallest absolute Gasteiger partial charge is 0.309 e. The minimum absolute atomic E-state index is 0.150. The van der Waals surface area contributed by atoms with Crippen molar-refractivity contribution < 1.29 is 14.7 Å². The van der Waals surface area contributed by atoms with Gasteiger partial charge in [-0.05, 0) is 23.6 Å². The number of amides is 1. The summed E-state index contributed by atoms with van der Waals surface area (Å²) in [4.78, 5) is 27.2. The molecule has 0 saturated carbocycles. The van der Waals surface area contributed by atoms with Crippen LogP contribution in [0.3, 0.4) is 0 Å². The molecule has 4 N–H and O–H groups in total. The monoisotopic (exact) mass is 291 g/mol. The Morgan fingerprint density at radius 1 is 1.40 bits per heavy atom. The third-order valence-corrected chi connectivity index (χ3v) is 3.51. The van der Waals surface area contributed by atoms with E-state index in [0.717, 1.165) is 4.88 Å². The summed E-state index contributed by atoms with van der Waals surface area (Å²) in [5.41, 5.74) is 6.74. The highest BCUT2D eigenvalue weighted by Gasteiger charge is 2.16. The Morgan fingerprint density at radius 2 is 2.20 bits per heavy atom. The van der Waals surface area contributed by atoms with Crippen molar-refractivity contribution in [3.05, 3.63) is 46.4 Å². The summed E-state index contributed by atoms with van der Waals surface area (Å²) in [5, 5.41) is 13.1. The van der Waals surface area contributed by atoms with Gasteiger partial charge in [-0.15, -0.1) is 11.3 Å². The number of carbonyl (C=O) groups excluding carboxylic acids is 1. The number of aromatic nitrogens is 1. The third-order valence-electron chi connectivity index (χ3n) is 2.56. The molecule has 0 saturated heterocycles. The van der Waals surface area contributed by atoms with Gasteiger partial charge in [-0.1, -0.05) is 6.07 Å². The van der Waals surface area contributed by atoms with Gasteiger partial charge in [0.2, 0.25) is 5.91 Å². The molecule has 2 aromatic heterocycles. The maximum absolute atomic E-state index is 11.9. The topological polar surface area (TPSA) is 105 Å². The summed E-state index contributed by atoms with van der Waals surface area (Å²) in [6.07, 6.45) is 1.26. The Hall–Kier alpha value is -2.25. The zero-order chi connectivity index (χ0) is 14.5. The maximum atomic E-state index is 11.9. The third kappa shape index (κ3) is 3.62. The van der Waals surface area contributed by atoms with E-state index in [2.05, 4.69) is 10.3 Å². The summed E-state index contributed by atoms with van der Waals surface area (Å²) >= 11 is 1.41. The quantitative estimate of drug-likeness (QED) is 0.772. The van der Waals surface area contributed by atoms with Gasteiger partial charge < -0.3 is 16.2 Å². The molecule has 104 valence electrons. The molecule has 1 unspecified atom stereocenters. The lowest BCUT2D eigenvalue weighted by Gasteiger charge is -2.10. The molecule has 0 aromatic carbocycles. The van der Waals surface area contributed by atoms with Gasteiger partial charge in [-0.25, -0.2) is 0 Å². The molecule has 0 aliphatic heterocycles. The number of anilines is 1. The molecule has 7 heteroatoms. The fraction of sp³-hybridized carbons (Fsp3) is 0.154. The molecule has 6 nitrogen and oxygen atoms in total. The predicted molar refractivity (Wildman–Crippen MR) is 75.5 cm³/mol. The number of aliphatic carboxylic acids is 1. The highest BCUT2D eigenvalue weighted by atomic mass is 32.1. The van der Waals surface area contributed by atoms with Crippen LogP contribution >= 0.6 is 11.3 Å². The van der Waals surface area contributed by atoms with E-state index in [-0.39, 0.29) is 12.3 Å². The van der Waals surface area contributed by atoms with E-state index in [0.29, 0.717) is 11.4 Å². The van der Waals surface area contributed by atoms with Crippen molar-refractivity contribution >= 4 is 28.9 Å². The average molecular weight is 291 g/mol. The number of hydrogen-bond acceptors (Lipinski definition) is 5. The molecule has 1 atom stereocenters. The normalized spacial score (nSPS) is 11.8. The number of rotatable bonds is 5. The molecule has 0 aliphatic rings. The number of nitrogens with one attached hydrogen (secondary N) is 1. The summed E-state index contributed by atoms with van der Waals surface area (Å²) in [6, 6.07) is 6.05. The molecule has 20 heavy (non-hydrogen) atoms. The van der Waals surface area contributed by atoms with Gasteiger partial charge in [-0.3, -0.25) is 14.6 Å². The fourth-order valence-electron chi connectivity index (χ4n) is 1.58. The van der Waals surface area contributed by atoms with Crippen molar-refractivity contribution in [3.8, 4) is 0 Å². The molecule has 2 rings (SSSR count). The van der Waals surface area contributed by atoms with Crippen molar-refractivity contribution in [2.45, 2.75) is 12.5 Å². The SMILES string of the molecule is NC(C(=O)Nc1ccc(CC(=O)O)nc1)c1cccs1.